The van der Waals surface area contributed by atoms with Gasteiger partial charge < -0.3 is 10.1 Å². The molecule has 0 fully saturated rings. The molecule has 0 saturated heterocycles. The molecule has 0 bridgehead atoms. The standard InChI is InChI=1S/C12H21NOS/c1-10(11-6-5-9-15-11)13-8-7-12(2,3)14-4/h5-6,9-10,13H,7-8H2,1-4H3/t10-/m1/s1. The van der Waals surface area contributed by atoms with E-state index in [1.807, 2.05) is 0 Å². The first-order chi connectivity index (χ1) is 7.05. The fourth-order valence-corrected chi connectivity index (χ4v) is 2.09. The third kappa shape index (κ3) is 4.33. The Balaban J connectivity index is 2.26. The SMILES string of the molecule is COC(C)(C)CCN[C@H](C)c1cccs1. The summed E-state index contributed by atoms with van der Waals surface area (Å²) in [5.74, 6) is 0. The van der Waals surface area contributed by atoms with E-state index in [1.54, 1.807) is 18.4 Å². The molecule has 0 radical (unpaired) electrons. The molecule has 86 valence electrons. The molecule has 1 aromatic rings. The highest BCUT2D eigenvalue weighted by Crippen LogP contribution is 2.19. The van der Waals surface area contributed by atoms with Crippen molar-refractivity contribution in [2.75, 3.05) is 13.7 Å². The Labute approximate surface area is 96.7 Å². The van der Waals surface area contributed by atoms with Crippen molar-refractivity contribution >= 4 is 11.3 Å². The van der Waals surface area contributed by atoms with Crippen LogP contribution in [-0.2, 0) is 4.74 Å². The fourth-order valence-electron chi connectivity index (χ4n) is 1.33. The minimum atomic E-state index is -0.0256. The van der Waals surface area contributed by atoms with Crippen LogP contribution in [-0.4, -0.2) is 19.3 Å². The van der Waals surface area contributed by atoms with E-state index in [1.165, 1.54) is 4.88 Å². The Bertz CT molecular complexity index is 269. The molecule has 15 heavy (non-hydrogen) atoms. The molecule has 0 aliphatic heterocycles. The average molecular weight is 227 g/mol. The van der Waals surface area contributed by atoms with Gasteiger partial charge in [0.15, 0.2) is 0 Å². The first-order valence-electron chi connectivity index (χ1n) is 5.37. The predicted octanol–water partition coefficient (Wildman–Crippen LogP) is 3.21. The highest BCUT2D eigenvalue weighted by molar-refractivity contribution is 7.10. The van der Waals surface area contributed by atoms with Gasteiger partial charge in [-0.3, -0.25) is 0 Å². The van der Waals surface area contributed by atoms with E-state index in [9.17, 15) is 0 Å². The number of thiophene rings is 1. The van der Waals surface area contributed by atoms with Crippen molar-refractivity contribution in [3.8, 4) is 0 Å². The zero-order valence-electron chi connectivity index (χ0n) is 10.0. The van der Waals surface area contributed by atoms with E-state index in [-0.39, 0.29) is 5.60 Å². The zero-order chi connectivity index (χ0) is 11.3. The third-order valence-electron chi connectivity index (χ3n) is 2.70. The normalized spacial score (nSPS) is 14.1. The minimum absolute atomic E-state index is 0.0256. The summed E-state index contributed by atoms with van der Waals surface area (Å²) in [6.45, 7) is 7.42. The lowest BCUT2D eigenvalue weighted by molar-refractivity contribution is 0.0154. The number of methoxy groups -OCH3 is 1. The maximum absolute atomic E-state index is 5.37. The first-order valence-corrected chi connectivity index (χ1v) is 6.25. The van der Waals surface area contributed by atoms with Crippen molar-refractivity contribution in [1.29, 1.82) is 0 Å². The van der Waals surface area contributed by atoms with Gasteiger partial charge in [-0.05, 0) is 45.2 Å². The number of ether oxygens (including phenoxy) is 1. The molecule has 3 heteroatoms. The Kier molecular flexibility index (Phi) is 4.77. The summed E-state index contributed by atoms with van der Waals surface area (Å²) in [5.41, 5.74) is -0.0256. The Morgan fingerprint density at radius 1 is 1.53 bits per heavy atom. The quantitative estimate of drug-likeness (QED) is 0.805. The molecule has 0 aliphatic rings. The van der Waals surface area contributed by atoms with Crippen LogP contribution in [0.3, 0.4) is 0 Å². The van der Waals surface area contributed by atoms with Crippen LogP contribution >= 0.6 is 11.3 Å². The van der Waals surface area contributed by atoms with E-state index in [4.69, 9.17) is 4.74 Å². The topological polar surface area (TPSA) is 21.3 Å². The number of hydrogen-bond acceptors (Lipinski definition) is 3. The second-order valence-electron chi connectivity index (χ2n) is 4.41. The third-order valence-corrected chi connectivity index (χ3v) is 3.76. The second-order valence-corrected chi connectivity index (χ2v) is 5.38. The van der Waals surface area contributed by atoms with Crippen molar-refractivity contribution < 1.29 is 4.74 Å². The zero-order valence-corrected chi connectivity index (χ0v) is 10.9. The predicted molar refractivity (Wildman–Crippen MR) is 66.4 cm³/mol. The average Bonchev–Trinajstić information content (AvgIpc) is 2.70. The molecule has 0 saturated carbocycles. The summed E-state index contributed by atoms with van der Waals surface area (Å²) in [7, 11) is 1.77. The summed E-state index contributed by atoms with van der Waals surface area (Å²) < 4.78 is 5.37. The van der Waals surface area contributed by atoms with E-state index in [0.29, 0.717) is 6.04 Å². The summed E-state index contributed by atoms with van der Waals surface area (Å²) >= 11 is 1.80. The van der Waals surface area contributed by atoms with Gasteiger partial charge in [-0.15, -0.1) is 11.3 Å². The minimum Gasteiger partial charge on any atom is -0.379 e. The van der Waals surface area contributed by atoms with E-state index >= 15 is 0 Å². The lowest BCUT2D eigenvalue weighted by atomic mass is 10.1. The molecule has 0 aromatic carbocycles. The molecule has 1 N–H and O–H groups in total. The highest BCUT2D eigenvalue weighted by Gasteiger charge is 2.16. The molecule has 0 amide bonds. The lowest BCUT2D eigenvalue weighted by Crippen LogP contribution is -2.29. The lowest BCUT2D eigenvalue weighted by Gasteiger charge is -2.23. The van der Waals surface area contributed by atoms with Crippen molar-refractivity contribution in [3.63, 3.8) is 0 Å². The Hall–Kier alpha value is -0.380. The van der Waals surface area contributed by atoms with Crippen molar-refractivity contribution in [1.82, 2.24) is 5.32 Å². The van der Waals surface area contributed by atoms with Crippen LogP contribution in [0.4, 0.5) is 0 Å². The van der Waals surface area contributed by atoms with Crippen LogP contribution in [0.5, 0.6) is 0 Å². The molecule has 2 nitrogen and oxygen atoms in total. The summed E-state index contributed by atoms with van der Waals surface area (Å²) in [5, 5.41) is 5.62. The van der Waals surface area contributed by atoms with Crippen molar-refractivity contribution in [3.05, 3.63) is 22.4 Å². The molecule has 1 atom stereocenters. The van der Waals surface area contributed by atoms with Gasteiger partial charge >= 0.3 is 0 Å². The highest BCUT2D eigenvalue weighted by atomic mass is 32.1. The monoisotopic (exact) mass is 227 g/mol. The first kappa shape index (κ1) is 12.7. The number of hydrogen-bond donors (Lipinski definition) is 1. The van der Waals surface area contributed by atoms with Gasteiger partial charge in [-0.25, -0.2) is 0 Å². The van der Waals surface area contributed by atoms with Crippen molar-refractivity contribution in [2.45, 2.75) is 38.8 Å². The second kappa shape index (κ2) is 5.64. The maximum atomic E-state index is 5.37. The molecule has 1 aromatic heterocycles. The Morgan fingerprint density at radius 3 is 2.80 bits per heavy atom. The molecule has 0 unspecified atom stereocenters. The number of rotatable bonds is 6. The van der Waals surface area contributed by atoms with Gasteiger partial charge in [0.25, 0.3) is 0 Å². The van der Waals surface area contributed by atoms with Gasteiger partial charge in [0, 0.05) is 18.0 Å². The van der Waals surface area contributed by atoms with Crippen LogP contribution in [0.1, 0.15) is 38.1 Å². The van der Waals surface area contributed by atoms with Gasteiger partial charge in [-0.1, -0.05) is 6.07 Å². The van der Waals surface area contributed by atoms with Gasteiger partial charge in [0.1, 0.15) is 0 Å². The largest absolute Gasteiger partial charge is 0.379 e. The molecule has 0 spiro atoms. The van der Waals surface area contributed by atoms with Gasteiger partial charge in [-0.2, -0.15) is 0 Å². The molecule has 1 heterocycles. The van der Waals surface area contributed by atoms with Gasteiger partial charge in [0.05, 0.1) is 5.60 Å². The molecule has 1 rings (SSSR count). The van der Waals surface area contributed by atoms with Crippen LogP contribution in [0.15, 0.2) is 17.5 Å². The summed E-state index contributed by atoms with van der Waals surface area (Å²) in [6.07, 6.45) is 1.03. The molecular formula is C12H21NOS. The molecule has 0 aliphatic carbocycles. The molecular weight excluding hydrogens is 206 g/mol. The smallest absolute Gasteiger partial charge is 0.0634 e. The van der Waals surface area contributed by atoms with Crippen LogP contribution < -0.4 is 5.32 Å². The van der Waals surface area contributed by atoms with Gasteiger partial charge in [0.2, 0.25) is 0 Å². The number of nitrogens with one attached hydrogen (secondary N) is 1. The van der Waals surface area contributed by atoms with E-state index < -0.39 is 0 Å². The Morgan fingerprint density at radius 2 is 2.27 bits per heavy atom. The summed E-state index contributed by atoms with van der Waals surface area (Å²) in [4.78, 5) is 1.39. The van der Waals surface area contributed by atoms with Crippen LogP contribution in [0.2, 0.25) is 0 Å². The van der Waals surface area contributed by atoms with Crippen molar-refractivity contribution in [2.24, 2.45) is 0 Å². The van der Waals surface area contributed by atoms with E-state index in [2.05, 4.69) is 43.6 Å². The van der Waals surface area contributed by atoms with E-state index in [0.717, 1.165) is 13.0 Å². The van der Waals surface area contributed by atoms with Crippen LogP contribution in [0, 0.1) is 0 Å². The maximum Gasteiger partial charge on any atom is 0.0634 e. The fraction of sp³-hybridized carbons (Fsp3) is 0.667. The van der Waals surface area contributed by atoms with Crippen LogP contribution in [0.25, 0.3) is 0 Å². The summed E-state index contributed by atoms with van der Waals surface area (Å²) in [6, 6.07) is 4.71.